The fraction of sp³-hybridized carbons (Fsp3) is 0.500. The minimum atomic E-state index is 0.584. The van der Waals surface area contributed by atoms with Gasteiger partial charge in [-0.25, -0.2) is 4.68 Å². The molecule has 0 amide bonds. The number of hydrogen-bond donors (Lipinski definition) is 1. The molecule has 2 N–H and O–H groups in total. The van der Waals surface area contributed by atoms with Crippen LogP contribution in [-0.4, -0.2) is 33.4 Å². The fourth-order valence-corrected chi connectivity index (χ4v) is 2.52. The first-order chi connectivity index (χ1) is 9.74. The molecule has 1 saturated heterocycles. The van der Waals surface area contributed by atoms with E-state index in [0.29, 0.717) is 5.92 Å². The van der Waals surface area contributed by atoms with Crippen molar-refractivity contribution in [2.24, 2.45) is 5.92 Å². The minimum absolute atomic E-state index is 0.584. The molecule has 1 fully saturated rings. The third-order valence-electron chi connectivity index (χ3n) is 3.83. The van der Waals surface area contributed by atoms with Crippen molar-refractivity contribution in [3.8, 4) is 11.4 Å². The Labute approximate surface area is 117 Å². The predicted octanol–water partition coefficient (Wildman–Crippen LogP) is 1.66. The Kier molecular flexibility index (Phi) is 3.64. The lowest BCUT2D eigenvalue weighted by atomic mass is 10.0. The maximum atomic E-state index is 5.86. The highest BCUT2D eigenvalue weighted by molar-refractivity contribution is 5.61. The van der Waals surface area contributed by atoms with Crippen molar-refractivity contribution in [3.05, 3.63) is 23.8 Å². The van der Waals surface area contributed by atoms with Crippen LogP contribution in [0.3, 0.4) is 0 Å². The zero-order valence-electron chi connectivity index (χ0n) is 11.6. The summed E-state index contributed by atoms with van der Waals surface area (Å²) in [7, 11) is 0. The summed E-state index contributed by atoms with van der Waals surface area (Å²) in [5.41, 5.74) is 8.70. The number of anilines is 1. The predicted molar refractivity (Wildman–Crippen MR) is 75.9 cm³/mol. The number of hydrogen-bond acceptors (Lipinski definition) is 5. The number of nitrogen functional groups attached to an aromatic ring is 1. The number of ether oxygens (including phenoxy) is 1. The molecule has 0 saturated carbocycles. The SMILES string of the molecule is Cc1cc(-c2nnnn2CC2CCOCC2)ccc1N. The standard InChI is InChI=1S/C14H19N5O/c1-10-8-12(2-3-13(10)15)14-16-17-18-19(14)9-11-4-6-20-7-5-11/h2-3,8,11H,4-7,9,15H2,1H3. The van der Waals surface area contributed by atoms with Gasteiger partial charge in [-0.2, -0.15) is 0 Å². The summed E-state index contributed by atoms with van der Waals surface area (Å²) in [5, 5.41) is 12.1. The van der Waals surface area contributed by atoms with Crippen LogP contribution in [0.5, 0.6) is 0 Å². The number of nitrogens with two attached hydrogens (primary N) is 1. The summed E-state index contributed by atoms with van der Waals surface area (Å²) in [6.07, 6.45) is 2.14. The molecule has 106 valence electrons. The molecule has 0 atom stereocenters. The number of nitrogens with zero attached hydrogens (tertiary/aromatic N) is 4. The van der Waals surface area contributed by atoms with E-state index in [2.05, 4.69) is 15.5 Å². The number of rotatable bonds is 3. The van der Waals surface area contributed by atoms with E-state index in [-0.39, 0.29) is 0 Å². The summed E-state index contributed by atoms with van der Waals surface area (Å²) < 4.78 is 7.28. The average Bonchev–Trinajstić information content (AvgIpc) is 2.91. The summed E-state index contributed by atoms with van der Waals surface area (Å²) in [6.45, 7) is 4.51. The van der Waals surface area contributed by atoms with Gasteiger partial charge in [0.25, 0.3) is 0 Å². The normalized spacial score (nSPS) is 16.4. The van der Waals surface area contributed by atoms with Gasteiger partial charge in [0.1, 0.15) is 0 Å². The molecule has 1 aliphatic heterocycles. The van der Waals surface area contributed by atoms with E-state index in [1.165, 1.54) is 0 Å². The monoisotopic (exact) mass is 273 g/mol. The first-order valence-electron chi connectivity index (χ1n) is 6.94. The number of tetrazole rings is 1. The van der Waals surface area contributed by atoms with Gasteiger partial charge >= 0.3 is 0 Å². The molecular weight excluding hydrogens is 254 g/mol. The Morgan fingerprint density at radius 2 is 2.15 bits per heavy atom. The van der Waals surface area contributed by atoms with Crippen molar-refractivity contribution in [3.63, 3.8) is 0 Å². The number of aryl methyl sites for hydroxylation is 1. The first kappa shape index (κ1) is 13.1. The molecule has 2 aromatic rings. The molecule has 6 nitrogen and oxygen atoms in total. The Morgan fingerprint density at radius 1 is 1.35 bits per heavy atom. The molecular formula is C14H19N5O. The molecule has 1 aromatic carbocycles. The Hall–Kier alpha value is -1.95. The Bertz CT molecular complexity index is 589. The van der Waals surface area contributed by atoms with Crippen molar-refractivity contribution in [1.29, 1.82) is 0 Å². The summed E-state index contributed by atoms with van der Waals surface area (Å²) in [6, 6.07) is 5.90. The van der Waals surface area contributed by atoms with Crippen LogP contribution in [0.4, 0.5) is 5.69 Å². The van der Waals surface area contributed by atoms with E-state index in [1.54, 1.807) is 0 Å². The molecule has 0 aliphatic carbocycles. The highest BCUT2D eigenvalue weighted by atomic mass is 16.5. The fourth-order valence-electron chi connectivity index (χ4n) is 2.52. The Balaban J connectivity index is 1.83. The number of benzene rings is 1. The molecule has 0 spiro atoms. The van der Waals surface area contributed by atoms with Crippen LogP contribution in [0, 0.1) is 12.8 Å². The highest BCUT2D eigenvalue weighted by Crippen LogP contribution is 2.23. The lowest BCUT2D eigenvalue weighted by Gasteiger charge is -2.21. The van der Waals surface area contributed by atoms with Crippen LogP contribution in [0.15, 0.2) is 18.2 Å². The van der Waals surface area contributed by atoms with Gasteiger partial charge in [-0.3, -0.25) is 0 Å². The van der Waals surface area contributed by atoms with Crippen LogP contribution in [0.25, 0.3) is 11.4 Å². The Morgan fingerprint density at radius 3 is 2.90 bits per heavy atom. The second kappa shape index (κ2) is 5.58. The topological polar surface area (TPSA) is 78.8 Å². The van der Waals surface area contributed by atoms with Gasteiger partial charge in [0.2, 0.25) is 0 Å². The molecule has 3 rings (SSSR count). The molecule has 0 unspecified atom stereocenters. The van der Waals surface area contributed by atoms with Crippen molar-refractivity contribution in [2.45, 2.75) is 26.3 Å². The molecule has 1 aromatic heterocycles. The van der Waals surface area contributed by atoms with Gasteiger partial charge in [0, 0.05) is 31.0 Å². The van der Waals surface area contributed by atoms with Crippen molar-refractivity contribution >= 4 is 5.69 Å². The van der Waals surface area contributed by atoms with Gasteiger partial charge in [0.15, 0.2) is 5.82 Å². The van der Waals surface area contributed by atoms with E-state index in [1.807, 2.05) is 29.8 Å². The van der Waals surface area contributed by atoms with Crippen LogP contribution < -0.4 is 5.73 Å². The van der Waals surface area contributed by atoms with E-state index in [9.17, 15) is 0 Å². The molecule has 6 heteroatoms. The highest BCUT2D eigenvalue weighted by Gasteiger charge is 2.18. The molecule has 0 bridgehead atoms. The van der Waals surface area contributed by atoms with Crippen molar-refractivity contribution in [1.82, 2.24) is 20.2 Å². The van der Waals surface area contributed by atoms with Gasteiger partial charge in [-0.05, 0) is 59.9 Å². The van der Waals surface area contributed by atoms with E-state index >= 15 is 0 Å². The zero-order chi connectivity index (χ0) is 13.9. The second-order valence-corrected chi connectivity index (χ2v) is 5.31. The van der Waals surface area contributed by atoms with Gasteiger partial charge in [-0.15, -0.1) is 5.10 Å². The van der Waals surface area contributed by atoms with Crippen LogP contribution in [-0.2, 0) is 11.3 Å². The first-order valence-corrected chi connectivity index (χ1v) is 6.94. The summed E-state index contributed by atoms with van der Waals surface area (Å²) in [4.78, 5) is 0. The van der Waals surface area contributed by atoms with Gasteiger partial charge < -0.3 is 10.5 Å². The van der Waals surface area contributed by atoms with Crippen LogP contribution in [0.1, 0.15) is 18.4 Å². The maximum absolute atomic E-state index is 5.86. The summed E-state index contributed by atoms with van der Waals surface area (Å²) in [5.74, 6) is 1.39. The molecule has 1 aliphatic rings. The van der Waals surface area contributed by atoms with Gasteiger partial charge in [-0.1, -0.05) is 0 Å². The lowest BCUT2D eigenvalue weighted by Crippen LogP contribution is -2.21. The molecule has 20 heavy (non-hydrogen) atoms. The maximum Gasteiger partial charge on any atom is 0.182 e. The second-order valence-electron chi connectivity index (χ2n) is 5.31. The quantitative estimate of drug-likeness (QED) is 0.860. The van der Waals surface area contributed by atoms with Crippen molar-refractivity contribution < 1.29 is 4.74 Å². The third-order valence-corrected chi connectivity index (χ3v) is 3.83. The third kappa shape index (κ3) is 2.65. The van der Waals surface area contributed by atoms with Crippen molar-refractivity contribution in [2.75, 3.05) is 18.9 Å². The van der Waals surface area contributed by atoms with Crippen LogP contribution >= 0.6 is 0 Å². The molecule has 0 radical (unpaired) electrons. The summed E-state index contributed by atoms with van der Waals surface area (Å²) >= 11 is 0. The smallest absolute Gasteiger partial charge is 0.182 e. The average molecular weight is 273 g/mol. The van der Waals surface area contributed by atoms with Crippen LogP contribution in [0.2, 0.25) is 0 Å². The number of aromatic nitrogens is 4. The van der Waals surface area contributed by atoms with Gasteiger partial charge in [0.05, 0.1) is 0 Å². The largest absolute Gasteiger partial charge is 0.399 e. The van der Waals surface area contributed by atoms with E-state index in [4.69, 9.17) is 10.5 Å². The minimum Gasteiger partial charge on any atom is -0.399 e. The van der Waals surface area contributed by atoms with E-state index < -0.39 is 0 Å². The molecule has 2 heterocycles. The van der Waals surface area contributed by atoms with E-state index in [0.717, 1.165) is 55.2 Å². The zero-order valence-corrected chi connectivity index (χ0v) is 11.6. The lowest BCUT2D eigenvalue weighted by molar-refractivity contribution is 0.0601.